The highest BCUT2D eigenvalue weighted by Gasteiger charge is 2.23. The summed E-state index contributed by atoms with van der Waals surface area (Å²) in [6.45, 7) is 10.3. The fourth-order valence-electron chi connectivity index (χ4n) is 3.28. The smallest absolute Gasteiger partial charge is 0.271 e. The first kappa shape index (κ1) is 20.0. The Bertz CT molecular complexity index is 792. The Balaban J connectivity index is 1.61. The lowest BCUT2D eigenvalue weighted by Crippen LogP contribution is -2.44. The molecule has 0 aliphatic carbocycles. The second-order valence-electron chi connectivity index (χ2n) is 6.69. The van der Waals surface area contributed by atoms with E-state index in [-0.39, 0.29) is 22.7 Å². The summed E-state index contributed by atoms with van der Waals surface area (Å²) >= 11 is 8.01. The predicted octanol–water partition coefficient (Wildman–Crippen LogP) is 3.21. The lowest BCUT2D eigenvalue weighted by Gasteiger charge is -2.32. The number of anilines is 1. The normalized spacial score (nSPS) is 15.3. The van der Waals surface area contributed by atoms with Crippen molar-refractivity contribution in [3.63, 3.8) is 0 Å². The van der Waals surface area contributed by atoms with Gasteiger partial charge in [0, 0.05) is 43.6 Å². The minimum atomic E-state index is -0.254. The lowest BCUT2D eigenvalue weighted by molar-refractivity contribution is 0.0928. The maximum atomic E-state index is 12.6. The Labute approximate surface area is 169 Å². The molecule has 146 valence electrons. The zero-order chi connectivity index (χ0) is 19.4. The zero-order valence-electron chi connectivity index (χ0n) is 16.0. The number of nitrogens with one attached hydrogen (secondary N) is 1. The number of hydrogen-bond acceptors (Lipinski definition) is 6. The lowest BCUT2D eigenvalue weighted by atomic mass is 10.1. The fourth-order valence-corrected chi connectivity index (χ4v) is 4.34. The number of carbonyl (C=O) groups excluding carboxylic acids is 1. The van der Waals surface area contributed by atoms with Gasteiger partial charge in [0.1, 0.15) is 0 Å². The number of hydrogen-bond donors (Lipinski definition) is 1. The summed E-state index contributed by atoms with van der Waals surface area (Å²) in [7, 11) is 0. The average molecular weight is 408 g/mol. The van der Waals surface area contributed by atoms with Crippen molar-refractivity contribution in [2.45, 2.75) is 39.8 Å². The third kappa shape index (κ3) is 4.59. The van der Waals surface area contributed by atoms with Crippen LogP contribution in [0, 0.1) is 0 Å². The van der Waals surface area contributed by atoms with Gasteiger partial charge in [0.05, 0.1) is 11.2 Å². The molecule has 1 unspecified atom stereocenters. The monoisotopic (exact) mass is 407 g/mol. The van der Waals surface area contributed by atoms with Gasteiger partial charge in [0.15, 0.2) is 5.69 Å². The van der Waals surface area contributed by atoms with Gasteiger partial charge in [-0.1, -0.05) is 11.6 Å². The first-order valence-electron chi connectivity index (χ1n) is 9.38. The van der Waals surface area contributed by atoms with Crippen molar-refractivity contribution in [2.75, 3.05) is 31.1 Å². The Kier molecular flexibility index (Phi) is 6.68. The van der Waals surface area contributed by atoms with Crippen molar-refractivity contribution in [2.24, 2.45) is 0 Å². The molecule has 3 heterocycles. The molecule has 0 saturated carbocycles. The zero-order valence-corrected chi connectivity index (χ0v) is 17.6. The fraction of sp³-hybridized carbons (Fsp3) is 0.526. The molecule has 27 heavy (non-hydrogen) atoms. The van der Waals surface area contributed by atoms with E-state index in [4.69, 9.17) is 11.6 Å². The molecule has 2 aromatic rings. The molecule has 0 aromatic carbocycles. The van der Waals surface area contributed by atoms with E-state index in [1.54, 1.807) is 0 Å². The number of nitrogens with zero attached hydrogens (tertiary/aromatic N) is 4. The average Bonchev–Trinajstić information content (AvgIpc) is 3.15. The summed E-state index contributed by atoms with van der Waals surface area (Å²) in [5, 5.41) is 5.42. The van der Waals surface area contributed by atoms with Gasteiger partial charge in [-0.3, -0.25) is 9.69 Å². The van der Waals surface area contributed by atoms with Gasteiger partial charge >= 0.3 is 0 Å². The minimum absolute atomic E-state index is 0.236. The number of amides is 1. The van der Waals surface area contributed by atoms with Gasteiger partial charge in [-0.25, -0.2) is 9.97 Å². The maximum Gasteiger partial charge on any atom is 0.271 e. The predicted molar refractivity (Wildman–Crippen MR) is 111 cm³/mol. The molecule has 1 aliphatic heterocycles. The van der Waals surface area contributed by atoms with Gasteiger partial charge in [-0.05, 0) is 44.2 Å². The molecule has 0 saturated heterocycles. The van der Waals surface area contributed by atoms with E-state index in [2.05, 4.69) is 38.6 Å². The van der Waals surface area contributed by atoms with Crippen molar-refractivity contribution >= 4 is 34.8 Å². The summed E-state index contributed by atoms with van der Waals surface area (Å²) in [6, 6.07) is 2.44. The van der Waals surface area contributed by atoms with E-state index >= 15 is 0 Å². The van der Waals surface area contributed by atoms with Crippen LogP contribution in [0.2, 0.25) is 5.02 Å². The van der Waals surface area contributed by atoms with Crippen molar-refractivity contribution in [3.05, 3.63) is 38.8 Å². The minimum Gasteiger partial charge on any atom is -0.349 e. The van der Waals surface area contributed by atoms with Crippen LogP contribution < -0.4 is 10.2 Å². The van der Waals surface area contributed by atoms with Crippen LogP contribution in [0.1, 0.15) is 41.7 Å². The summed E-state index contributed by atoms with van der Waals surface area (Å²) in [5.41, 5.74) is 1.65. The molecule has 3 rings (SSSR count). The number of aromatic nitrogens is 2. The molecule has 8 heteroatoms. The van der Waals surface area contributed by atoms with Crippen molar-refractivity contribution in [1.29, 1.82) is 0 Å². The maximum absolute atomic E-state index is 12.6. The van der Waals surface area contributed by atoms with Crippen molar-refractivity contribution in [1.82, 2.24) is 20.2 Å². The first-order chi connectivity index (χ1) is 13.0. The van der Waals surface area contributed by atoms with Crippen LogP contribution in [0.4, 0.5) is 5.95 Å². The number of halogens is 1. The van der Waals surface area contributed by atoms with E-state index in [9.17, 15) is 4.79 Å². The highest BCUT2D eigenvalue weighted by atomic mass is 35.5. The molecular weight excluding hydrogens is 382 g/mol. The molecule has 0 spiro atoms. The summed E-state index contributed by atoms with van der Waals surface area (Å²) in [6.07, 6.45) is 2.58. The molecule has 1 aliphatic rings. The SMILES string of the molecule is CCN(CC)c1ncc(Cl)c(C(=O)NCC(C)N2CCc3sccc3C2)n1. The molecule has 6 nitrogen and oxygen atoms in total. The second kappa shape index (κ2) is 8.99. The van der Waals surface area contributed by atoms with Crippen molar-refractivity contribution in [3.8, 4) is 0 Å². The Hall–Kier alpha value is -1.70. The third-order valence-electron chi connectivity index (χ3n) is 5.01. The van der Waals surface area contributed by atoms with Gasteiger partial charge in [0.2, 0.25) is 5.95 Å². The molecule has 0 fully saturated rings. The highest BCUT2D eigenvalue weighted by molar-refractivity contribution is 7.10. The molecule has 0 bridgehead atoms. The van der Waals surface area contributed by atoms with E-state index < -0.39 is 0 Å². The number of fused-ring (bicyclic) bond motifs is 1. The Morgan fingerprint density at radius 2 is 2.22 bits per heavy atom. The van der Waals surface area contributed by atoms with Crippen LogP contribution in [0.25, 0.3) is 0 Å². The molecular formula is C19H26ClN5OS. The van der Waals surface area contributed by atoms with Gasteiger partial charge in [-0.15, -0.1) is 11.3 Å². The quantitative estimate of drug-likeness (QED) is 0.763. The van der Waals surface area contributed by atoms with Crippen LogP contribution in [0.15, 0.2) is 17.6 Å². The van der Waals surface area contributed by atoms with Crippen LogP contribution in [-0.4, -0.2) is 53.0 Å². The van der Waals surface area contributed by atoms with Crippen LogP contribution in [0.5, 0.6) is 0 Å². The third-order valence-corrected chi connectivity index (χ3v) is 6.31. The summed E-state index contributed by atoms with van der Waals surface area (Å²) in [5.74, 6) is 0.277. The number of rotatable bonds is 7. The van der Waals surface area contributed by atoms with E-state index in [1.165, 1.54) is 16.6 Å². The standard InChI is InChI=1S/C19H26ClN5OS/c1-4-24(5-2)19-22-11-15(20)17(23-19)18(26)21-10-13(3)25-8-6-16-14(12-25)7-9-27-16/h7,9,11,13H,4-6,8,10,12H2,1-3H3,(H,21,26). The van der Waals surface area contributed by atoms with Gasteiger partial charge in [0.25, 0.3) is 5.91 Å². The van der Waals surface area contributed by atoms with E-state index in [0.717, 1.165) is 32.6 Å². The topological polar surface area (TPSA) is 61.4 Å². The van der Waals surface area contributed by atoms with Gasteiger partial charge < -0.3 is 10.2 Å². The molecule has 1 N–H and O–H groups in total. The van der Waals surface area contributed by atoms with Crippen LogP contribution in [0.3, 0.4) is 0 Å². The van der Waals surface area contributed by atoms with Gasteiger partial charge in [-0.2, -0.15) is 0 Å². The van der Waals surface area contributed by atoms with E-state index in [1.807, 2.05) is 30.1 Å². The molecule has 1 atom stereocenters. The second-order valence-corrected chi connectivity index (χ2v) is 8.10. The number of carbonyl (C=O) groups is 1. The van der Waals surface area contributed by atoms with Crippen LogP contribution in [-0.2, 0) is 13.0 Å². The molecule has 0 radical (unpaired) electrons. The summed E-state index contributed by atoms with van der Waals surface area (Å²) in [4.78, 5) is 27.1. The Morgan fingerprint density at radius 3 is 2.96 bits per heavy atom. The summed E-state index contributed by atoms with van der Waals surface area (Å²) < 4.78 is 0. The van der Waals surface area contributed by atoms with Crippen molar-refractivity contribution < 1.29 is 4.79 Å². The Morgan fingerprint density at radius 1 is 1.44 bits per heavy atom. The first-order valence-corrected chi connectivity index (χ1v) is 10.6. The largest absolute Gasteiger partial charge is 0.349 e. The van der Waals surface area contributed by atoms with Crippen LogP contribution >= 0.6 is 22.9 Å². The van der Waals surface area contributed by atoms with E-state index in [0.29, 0.717) is 12.5 Å². The molecule has 1 amide bonds. The number of thiophene rings is 1. The highest BCUT2D eigenvalue weighted by Crippen LogP contribution is 2.25. The molecule has 2 aromatic heterocycles.